The van der Waals surface area contributed by atoms with E-state index in [1.165, 1.54) is 6.33 Å². The molecular formula is C12H24N6. The van der Waals surface area contributed by atoms with E-state index in [4.69, 9.17) is 5.73 Å². The van der Waals surface area contributed by atoms with Crippen LogP contribution in [0.2, 0.25) is 0 Å². The maximum atomic E-state index is 6.10. The van der Waals surface area contributed by atoms with Gasteiger partial charge in [-0.05, 0) is 34.6 Å². The number of nitrogens with two attached hydrogens (primary N) is 1. The van der Waals surface area contributed by atoms with E-state index in [1.807, 2.05) is 0 Å². The molecule has 0 fully saturated rings. The molecule has 1 heterocycles. The summed E-state index contributed by atoms with van der Waals surface area (Å²) in [7, 11) is 0. The van der Waals surface area contributed by atoms with E-state index >= 15 is 0 Å². The van der Waals surface area contributed by atoms with Crippen molar-refractivity contribution in [3.05, 3.63) is 6.33 Å². The Morgan fingerprint density at radius 1 is 1.22 bits per heavy atom. The van der Waals surface area contributed by atoms with Crippen LogP contribution < -0.4 is 21.5 Å². The van der Waals surface area contributed by atoms with E-state index in [2.05, 4.69) is 60.3 Å². The van der Waals surface area contributed by atoms with Crippen LogP contribution in [-0.4, -0.2) is 28.6 Å². The summed E-state index contributed by atoms with van der Waals surface area (Å²) in [5.41, 5.74) is 12.8. The Labute approximate surface area is 109 Å². The first-order valence-corrected chi connectivity index (χ1v) is 6.27. The van der Waals surface area contributed by atoms with Crippen molar-refractivity contribution >= 4 is 17.3 Å². The van der Waals surface area contributed by atoms with Crippen LogP contribution >= 0.6 is 0 Å². The summed E-state index contributed by atoms with van der Waals surface area (Å²) in [5, 5.41) is 0. The summed E-state index contributed by atoms with van der Waals surface area (Å²) in [6.07, 6.45) is 1.52. The van der Waals surface area contributed by atoms with Gasteiger partial charge < -0.3 is 16.1 Å². The van der Waals surface area contributed by atoms with Crippen LogP contribution in [0.3, 0.4) is 0 Å². The lowest BCUT2D eigenvalue weighted by Crippen LogP contribution is -2.40. The van der Waals surface area contributed by atoms with Crippen LogP contribution in [-0.2, 0) is 0 Å². The smallest absolute Gasteiger partial charge is 0.169 e. The second-order valence-electron chi connectivity index (χ2n) is 5.13. The van der Waals surface area contributed by atoms with E-state index in [0.29, 0.717) is 11.5 Å². The molecule has 0 bridgehead atoms. The topological polar surface area (TPSA) is 79.1 Å². The highest BCUT2D eigenvalue weighted by Gasteiger charge is 2.14. The third-order valence-corrected chi connectivity index (χ3v) is 2.48. The maximum Gasteiger partial charge on any atom is 0.169 e. The van der Waals surface area contributed by atoms with E-state index in [9.17, 15) is 0 Å². The highest BCUT2D eigenvalue weighted by Crippen LogP contribution is 2.25. The van der Waals surface area contributed by atoms with Crippen LogP contribution in [0.1, 0.15) is 34.6 Å². The van der Waals surface area contributed by atoms with Crippen molar-refractivity contribution < 1.29 is 0 Å². The van der Waals surface area contributed by atoms with E-state index in [0.717, 1.165) is 18.9 Å². The number of hydrogen-bond acceptors (Lipinski definition) is 6. The van der Waals surface area contributed by atoms with Gasteiger partial charge in [-0.15, -0.1) is 0 Å². The van der Waals surface area contributed by atoms with E-state index in [-0.39, 0.29) is 5.54 Å². The quantitative estimate of drug-likeness (QED) is 0.691. The summed E-state index contributed by atoms with van der Waals surface area (Å²) in [5.74, 6) is 1.38. The van der Waals surface area contributed by atoms with Crippen LogP contribution in [0, 0.1) is 0 Å². The van der Waals surface area contributed by atoms with Crippen LogP contribution in [0.5, 0.6) is 0 Å². The lowest BCUT2D eigenvalue weighted by molar-refractivity contribution is 0.464. The Bertz CT molecular complexity index is 381. The molecule has 0 aliphatic heterocycles. The molecule has 1 aromatic heterocycles. The van der Waals surface area contributed by atoms with Crippen molar-refractivity contribution in [1.82, 2.24) is 15.4 Å². The van der Waals surface area contributed by atoms with Gasteiger partial charge in [0, 0.05) is 18.6 Å². The average molecular weight is 252 g/mol. The van der Waals surface area contributed by atoms with Crippen molar-refractivity contribution in [1.29, 1.82) is 0 Å². The monoisotopic (exact) mass is 252 g/mol. The molecule has 18 heavy (non-hydrogen) atoms. The van der Waals surface area contributed by atoms with Gasteiger partial charge in [0.2, 0.25) is 0 Å². The van der Waals surface area contributed by atoms with Gasteiger partial charge in [0.1, 0.15) is 12.0 Å². The highest BCUT2D eigenvalue weighted by atomic mass is 15.4. The molecule has 0 radical (unpaired) electrons. The molecule has 0 amide bonds. The number of hydrogen-bond donors (Lipinski definition) is 3. The number of anilines is 3. The zero-order valence-corrected chi connectivity index (χ0v) is 11.9. The number of nitrogens with zero attached hydrogens (tertiary/aromatic N) is 3. The zero-order chi connectivity index (χ0) is 13.8. The normalized spacial score (nSPS) is 11.4. The molecule has 0 saturated carbocycles. The van der Waals surface area contributed by atoms with Gasteiger partial charge in [0.05, 0.1) is 0 Å². The minimum atomic E-state index is -0.0627. The van der Waals surface area contributed by atoms with Crippen molar-refractivity contribution in [2.45, 2.75) is 40.2 Å². The highest BCUT2D eigenvalue weighted by molar-refractivity contribution is 5.74. The van der Waals surface area contributed by atoms with Gasteiger partial charge >= 0.3 is 0 Å². The minimum absolute atomic E-state index is 0.0627. The van der Waals surface area contributed by atoms with Crippen molar-refractivity contribution in [2.24, 2.45) is 0 Å². The largest absolute Gasteiger partial charge is 0.393 e. The Kier molecular flexibility index (Phi) is 4.72. The molecule has 0 aliphatic rings. The zero-order valence-electron chi connectivity index (χ0n) is 11.9. The molecule has 102 valence electrons. The number of aromatic nitrogens is 2. The number of nitrogens with one attached hydrogen (secondary N) is 2. The number of rotatable bonds is 5. The van der Waals surface area contributed by atoms with Crippen molar-refractivity contribution in [2.75, 3.05) is 29.1 Å². The standard InChI is InChI=1S/C12H24N6/c1-6-18(7-2)11-9(13)10(14-8-15-11)16-17-12(3,4)5/h8,17H,6-7,13H2,1-5H3,(H,14,15,16). The first-order valence-electron chi connectivity index (χ1n) is 6.27. The fraction of sp³-hybridized carbons (Fsp3) is 0.667. The van der Waals surface area contributed by atoms with Crippen LogP contribution in [0.25, 0.3) is 0 Å². The lowest BCUT2D eigenvalue weighted by atomic mass is 10.1. The second kappa shape index (κ2) is 5.86. The molecular weight excluding hydrogens is 228 g/mol. The van der Waals surface area contributed by atoms with Crippen molar-refractivity contribution in [3.63, 3.8) is 0 Å². The summed E-state index contributed by atoms with van der Waals surface area (Å²) in [6, 6.07) is 0. The maximum absolute atomic E-state index is 6.10. The summed E-state index contributed by atoms with van der Waals surface area (Å²) < 4.78 is 0. The minimum Gasteiger partial charge on any atom is -0.393 e. The third-order valence-electron chi connectivity index (χ3n) is 2.48. The molecule has 1 aromatic rings. The van der Waals surface area contributed by atoms with Crippen LogP contribution in [0.4, 0.5) is 17.3 Å². The number of hydrazine groups is 1. The molecule has 6 heteroatoms. The van der Waals surface area contributed by atoms with E-state index in [1.54, 1.807) is 0 Å². The molecule has 0 unspecified atom stereocenters. The molecule has 4 N–H and O–H groups in total. The predicted octanol–water partition coefficient (Wildman–Crippen LogP) is 1.62. The second-order valence-corrected chi connectivity index (χ2v) is 5.13. The fourth-order valence-electron chi connectivity index (χ4n) is 1.51. The Balaban J connectivity index is 2.91. The van der Waals surface area contributed by atoms with Crippen LogP contribution in [0.15, 0.2) is 6.33 Å². The molecule has 0 spiro atoms. The fourth-order valence-corrected chi connectivity index (χ4v) is 1.51. The van der Waals surface area contributed by atoms with Gasteiger partial charge in [0.15, 0.2) is 11.6 Å². The van der Waals surface area contributed by atoms with Gasteiger partial charge in [0.25, 0.3) is 0 Å². The molecule has 6 nitrogen and oxygen atoms in total. The third kappa shape index (κ3) is 3.73. The molecule has 0 aromatic carbocycles. The molecule has 0 saturated heterocycles. The average Bonchev–Trinajstić information content (AvgIpc) is 2.30. The van der Waals surface area contributed by atoms with Gasteiger partial charge in [-0.3, -0.25) is 0 Å². The van der Waals surface area contributed by atoms with Gasteiger partial charge in [-0.1, -0.05) is 0 Å². The van der Waals surface area contributed by atoms with Gasteiger partial charge in [-0.25, -0.2) is 15.4 Å². The predicted molar refractivity (Wildman–Crippen MR) is 76.5 cm³/mol. The molecule has 0 atom stereocenters. The van der Waals surface area contributed by atoms with Crippen molar-refractivity contribution in [3.8, 4) is 0 Å². The summed E-state index contributed by atoms with van der Waals surface area (Å²) in [6.45, 7) is 12.1. The Morgan fingerprint density at radius 2 is 1.83 bits per heavy atom. The molecule has 0 aliphatic carbocycles. The number of nitrogen functional groups attached to an aromatic ring is 1. The first-order chi connectivity index (χ1) is 8.39. The Hall–Kier alpha value is -1.56. The summed E-state index contributed by atoms with van der Waals surface area (Å²) >= 11 is 0. The van der Waals surface area contributed by atoms with Gasteiger partial charge in [-0.2, -0.15) is 0 Å². The first kappa shape index (κ1) is 14.5. The summed E-state index contributed by atoms with van der Waals surface area (Å²) in [4.78, 5) is 10.5. The lowest BCUT2D eigenvalue weighted by Gasteiger charge is -2.25. The SMILES string of the molecule is CCN(CC)c1ncnc(NNC(C)(C)C)c1N. The van der Waals surface area contributed by atoms with E-state index < -0.39 is 0 Å². The molecule has 1 rings (SSSR count). The Morgan fingerprint density at radius 3 is 2.33 bits per heavy atom.